The molecule has 1 aliphatic rings. The Labute approximate surface area is 176 Å². The number of alkyl halides is 1. The zero-order valence-corrected chi connectivity index (χ0v) is 17.6. The average Bonchev–Trinajstić information content (AvgIpc) is 3.27. The minimum atomic E-state index is -0.697. The molecule has 1 aromatic carbocycles. The molecule has 0 bridgehead atoms. The number of nitrogens with zero attached hydrogens (tertiary/aromatic N) is 2. The van der Waals surface area contributed by atoms with Gasteiger partial charge in [-0.1, -0.05) is 6.07 Å². The Balaban J connectivity index is 1.82. The number of carbonyl (C=O) groups excluding carboxylic acids is 2. The van der Waals surface area contributed by atoms with Gasteiger partial charge in [-0.25, -0.2) is 0 Å². The van der Waals surface area contributed by atoms with E-state index in [1.165, 1.54) is 0 Å². The zero-order chi connectivity index (χ0) is 20.9. The predicted molar refractivity (Wildman–Crippen MR) is 116 cm³/mol. The van der Waals surface area contributed by atoms with E-state index in [-0.39, 0.29) is 17.7 Å². The fourth-order valence-electron chi connectivity index (χ4n) is 3.17. The lowest BCUT2D eigenvalue weighted by Crippen LogP contribution is -2.32. The van der Waals surface area contributed by atoms with Crippen LogP contribution in [-0.4, -0.2) is 35.8 Å². The topological polar surface area (TPSA) is 74.3 Å². The Morgan fingerprint density at radius 3 is 2.62 bits per heavy atom. The van der Waals surface area contributed by atoms with Crippen molar-refractivity contribution in [3.8, 4) is 0 Å². The standard InChI is InChI=1S/C22H27ClN4O2/c1-22(2,15-23)21(29)26-17-7-8-19(27-10-3-4-11-27)18(12-17)20(28)25-14-16-6-5-9-24-13-16/h5-9,12-13H,3-4,10-11,14-15H2,1-2H3,(H,25,28)(H,26,29). The van der Waals surface area contributed by atoms with Crippen LogP contribution < -0.4 is 15.5 Å². The number of nitrogens with one attached hydrogen (secondary N) is 2. The molecule has 2 aromatic rings. The Morgan fingerprint density at radius 1 is 1.21 bits per heavy atom. The summed E-state index contributed by atoms with van der Waals surface area (Å²) in [7, 11) is 0. The Morgan fingerprint density at radius 2 is 1.97 bits per heavy atom. The number of benzene rings is 1. The van der Waals surface area contributed by atoms with Gasteiger partial charge in [-0.15, -0.1) is 11.6 Å². The Hall–Kier alpha value is -2.60. The number of pyridine rings is 1. The van der Waals surface area contributed by atoms with E-state index in [1.54, 1.807) is 32.3 Å². The first-order valence-electron chi connectivity index (χ1n) is 9.84. The number of aromatic nitrogens is 1. The number of amides is 2. The minimum absolute atomic E-state index is 0.177. The van der Waals surface area contributed by atoms with E-state index < -0.39 is 5.41 Å². The smallest absolute Gasteiger partial charge is 0.253 e. The van der Waals surface area contributed by atoms with Gasteiger partial charge in [-0.3, -0.25) is 14.6 Å². The molecule has 2 amide bonds. The SMILES string of the molecule is CC(C)(CCl)C(=O)Nc1ccc(N2CCCC2)c(C(=O)NCc2cccnc2)c1. The van der Waals surface area contributed by atoms with E-state index in [2.05, 4.69) is 20.5 Å². The fourth-order valence-corrected chi connectivity index (χ4v) is 3.29. The molecule has 1 aromatic heterocycles. The summed E-state index contributed by atoms with van der Waals surface area (Å²) >= 11 is 5.91. The molecular formula is C22H27ClN4O2. The maximum absolute atomic E-state index is 13.0. The van der Waals surface area contributed by atoms with E-state index in [0.29, 0.717) is 17.8 Å². The third-order valence-corrected chi connectivity index (χ3v) is 5.74. The highest BCUT2D eigenvalue weighted by atomic mass is 35.5. The lowest BCUT2D eigenvalue weighted by atomic mass is 9.95. The van der Waals surface area contributed by atoms with Gasteiger partial charge < -0.3 is 15.5 Å². The molecule has 6 nitrogen and oxygen atoms in total. The molecule has 0 atom stereocenters. The number of rotatable bonds is 7. The summed E-state index contributed by atoms with van der Waals surface area (Å²) in [6.07, 6.45) is 5.65. The summed E-state index contributed by atoms with van der Waals surface area (Å²) in [5.74, 6) is -0.144. The van der Waals surface area contributed by atoms with Crippen molar-refractivity contribution in [2.75, 3.05) is 29.2 Å². The predicted octanol–water partition coefficient (Wildman–Crippen LogP) is 3.82. The second kappa shape index (κ2) is 9.27. The summed E-state index contributed by atoms with van der Waals surface area (Å²) < 4.78 is 0. The molecule has 2 heterocycles. The maximum Gasteiger partial charge on any atom is 0.253 e. The first-order chi connectivity index (χ1) is 13.9. The number of halogens is 1. The quantitative estimate of drug-likeness (QED) is 0.675. The third kappa shape index (κ3) is 5.26. The van der Waals surface area contributed by atoms with Crippen LogP contribution in [0.2, 0.25) is 0 Å². The molecule has 0 radical (unpaired) electrons. The van der Waals surface area contributed by atoms with Crippen LogP contribution in [0.4, 0.5) is 11.4 Å². The van der Waals surface area contributed by atoms with Crippen LogP contribution in [0.5, 0.6) is 0 Å². The highest BCUT2D eigenvalue weighted by Gasteiger charge is 2.27. The van der Waals surface area contributed by atoms with Gasteiger partial charge in [0, 0.05) is 49.3 Å². The Kier molecular flexibility index (Phi) is 6.75. The van der Waals surface area contributed by atoms with Crippen molar-refractivity contribution >= 4 is 34.8 Å². The summed E-state index contributed by atoms with van der Waals surface area (Å²) in [5, 5.41) is 5.85. The average molecular weight is 415 g/mol. The highest BCUT2D eigenvalue weighted by molar-refractivity contribution is 6.20. The number of hydrogen-bond acceptors (Lipinski definition) is 4. The van der Waals surface area contributed by atoms with Gasteiger partial charge >= 0.3 is 0 Å². The van der Waals surface area contributed by atoms with Gasteiger partial charge in [0.1, 0.15) is 0 Å². The summed E-state index contributed by atoms with van der Waals surface area (Å²) in [5.41, 5.74) is 2.26. The first-order valence-corrected chi connectivity index (χ1v) is 10.4. The van der Waals surface area contributed by atoms with Gasteiger partial charge in [-0.05, 0) is 56.5 Å². The largest absolute Gasteiger partial charge is 0.371 e. The van der Waals surface area contributed by atoms with Gasteiger partial charge in [-0.2, -0.15) is 0 Å². The first kappa shape index (κ1) is 21.1. The summed E-state index contributed by atoms with van der Waals surface area (Å²) in [6.45, 7) is 5.81. The highest BCUT2D eigenvalue weighted by Crippen LogP contribution is 2.29. The number of carbonyl (C=O) groups is 2. The van der Waals surface area contributed by atoms with Crippen LogP contribution in [0, 0.1) is 5.41 Å². The number of anilines is 2. The van der Waals surface area contributed by atoms with Gasteiger partial charge in [0.05, 0.1) is 11.0 Å². The fraction of sp³-hybridized carbons (Fsp3) is 0.409. The van der Waals surface area contributed by atoms with E-state index >= 15 is 0 Å². The molecule has 0 aliphatic carbocycles. The normalized spacial score (nSPS) is 14.0. The van der Waals surface area contributed by atoms with E-state index in [4.69, 9.17) is 11.6 Å². The lowest BCUT2D eigenvalue weighted by Gasteiger charge is -2.23. The summed E-state index contributed by atoms with van der Waals surface area (Å²) in [6, 6.07) is 9.25. The van der Waals surface area contributed by atoms with Crippen LogP contribution in [0.3, 0.4) is 0 Å². The molecule has 2 N–H and O–H groups in total. The molecular weight excluding hydrogens is 388 g/mol. The lowest BCUT2D eigenvalue weighted by molar-refractivity contribution is -0.122. The van der Waals surface area contributed by atoms with Crippen LogP contribution >= 0.6 is 11.6 Å². The van der Waals surface area contributed by atoms with Crippen molar-refractivity contribution in [3.63, 3.8) is 0 Å². The van der Waals surface area contributed by atoms with Crippen molar-refractivity contribution in [3.05, 3.63) is 53.9 Å². The molecule has 1 aliphatic heterocycles. The molecule has 0 spiro atoms. The second-order valence-electron chi connectivity index (χ2n) is 7.94. The van der Waals surface area contributed by atoms with Crippen LogP contribution in [-0.2, 0) is 11.3 Å². The van der Waals surface area contributed by atoms with Crippen molar-refractivity contribution in [2.24, 2.45) is 5.41 Å². The van der Waals surface area contributed by atoms with Crippen LogP contribution in [0.1, 0.15) is 42.6 Å². The van der Waals surface area contributed by atoms with E-state index in [1.807, 2.05) is 24.3 Å². The van der Waals surface area contributed by atoms with E-state index in [9.17, 15) is 9.59 Å². The van der Waals surface area contributed by atoms with Gasteiger partial charge in [0.25, 0.3) is 5.91 Å². The van der Waals surface area contributed by atoms with Gasteiger partial charge in [0.2, 0.25) is 5.91 Å². The van der Waals surface area contributed by atoms with Crippen LogP contribution in [0.25, 0.3) is 0 Å². The zero-order valence-electron chi connectivity index (χ0n) is 16.9. The molecule has 154 valence electrons. The van der Waals surface area contributed by atoms with Crippen molar-refractivity contribution in [1.82, 2.24) is 10.3 Å². The molecule has 3 rings (SSSR count). The van der Waals surface area contributed by atoms with Crippen molar-refractivity contribution in [2.45, 2.75) is 33.2 Å². The molecule has 29 heavy (non-hydrogen) atoms. The molecule has 0 unspecified atom stereocenters. The van der Waals surface area contributed by atoms with Crippen LogP contribution in [0.15, 0.2) is 42.7 Å². The van der Waals surface area contributed by atoms with E-state index in [0.717, 1.165) is 37.2 Å². The van der Waals surface area contributed by atoms with Crippen molar-refractivity contribution in [1.29, 1.82) is 0 Å². The molecule has 0 saturated carbocycles. The Bertz CT molecular complexity index is 864. The minimum Gasteiger partial charge on any atom is -0.371 e. The van der Waals surface area contributed by atoms with Crippen molar-refractivity contribution < 1.29 is 9.59 Å². The number of hydrogen-bond donors (Lipinski definition) is 2. The monoisotopic (exact) mass is 414 g/mol. The molecule has 1 saturated heterocycles. The molecule has 7 heteroatoms. The molecule has 1 fully saturated rings. The third-order valence-electron chi connectivity index (χ3n) is 5.07. The second-order valence-corrected chi connectivity index (χ2v) is 8.21. The van der Waals surface area contributed by atoms with Gasteiger partial charge in [0.15, 0.2) is 0 Å². The maximum atomic E-state index is 13.0. The summed E-state index contributed by atoms with van der Waals surface area (Å²) in [4.78, 5) is 31.8.